The first-order valence-electron chi connectivity index (χ1n) is 12.4. The number of piperazine rings is 1. The van der Waals surface area contributed by atoms with Crippen molar-refractivity contribution < 1.29 is 9.53 Å². The average molecular weight is 422 g/mol. The molecular formula is C23H43N5O2. The van der Waals surface area contributed by atoms with Gasteiger partial charge in [0.25, 0.3) is 0 Å². The molecule has 7 heteroatoms. The number of hydrogen-bond donors (Lipinski definition) is 2. The molecular weight excluding hydrogens is 378 g/mol. The lowest BCUT2D eigenvalue weighted by atomic mass is 9.98. The number of hydrogen-bond acceptors (Lipinski definition) is 4. The van der Waals surface area contributed by atoms with Gasteiger partial charge in [0.05, 0.1) is 12.6 Å². The molecule has 1 saturated heterocycles. The summed E-state index contributed by atoms with van der Waals surface area (Å²) >= 11 is 0. The molecule has 2 N–H and O–H groups in total. The van der Waals surface area contributed by atoms with E-state index >= 15 is 0 Å². The van der Waals surface area contributed by atoms with Crippen molar-refractivity contribution >= 4 is 11.9 Å². The third kappa shape index (κ3) is 8.80. The second kappa shape index (κ2) is 13.2. The van der Waals surface area contributed by atoms with Crippen LogP contribution in [0.5, 0.6) is 0 Å². The van der Waals surface area contributed by atoms with Gasteiger partial charge in [-0.25, -0.2) is 0 Å². The predicted molar refractivity (Wildman–Crippen MR) is 122 cm³/mol. The Kier molecular flexibility index (Phi) is 10.2. The standard InChI is InChI=1S/C23H43N5O2/c1-2-24-23(25-13-7-4-8-18-30-21-9-5-3-6-10-21)28-16-14-27(15-17-28)19-22(29)26-20-11-12-20/h20-21H,2-19H2,1H3,(H,24,25)(H,26,29). The van der Waals surface area contributed by atoms with Crippen LogP contribution < -0.4 is 10.6 Å². The van der Waals surface area contributed by atoms with Crippen molar-refractivity contribution in [2.24, 2.45) is 4.99 Å². The second-order valence-electron chi connectivity index (χ2n) is 9.03. The third-order valence-electron chi connectivity index (χ3n) is 6.29. The number of carbonyl (C=O) groups is 1. The maximum absolute atomic E-state index is 12.0. The van der Waals surface area contributed by atoms with Crippen molar-refractivity contribution in [3.05, 3.63) is 0 Å². The number of aliphatic imine (C=N–C) groups is 1. The van der Waals surface area contributed by atoms with Gasteiger partial charge in [-0.2, -0.15) is 0 Å². The van der Waals surface area contributed by atoms with Crippen molar-refractivity contribution in [1.29, 1.82) is 0 Å². The van der Waals surface area contributed by atoms with Crippen LogP contribution in [-0.2, 0) is 9.53 Å². The lowest BCUT2D eigenvalue weighted by Gasteiger charge is -2.36. The summed E-state index contributed by atoms with van der Waals surface area (Å²) in [5.74, 6) is 1.21. The molecule has 0 aromatic heterocycles. The van der Waals surface area contributed by atoms with E-state index in [2.05, 4.69) is 27.4 Å². The van der Waals surface area contributed by atoms with Gasteiger partial charge in [0, 0.05) is 51.9 Å². The minimum Gasteiger partial charge on any atom is -0.378 e. The summed E-state index contributed by atoms with van der Waals surface area (Å²) in [4.78, 5) is 21.5. The van der Waals surface area contributed by atoms with Crippen LogP contribution in [0.15, 0.2) is 4.99 Å². The number of nitrogens with one attached hydrogen (secondary N) is 2. The summed E-state index contributed by atoms with van der Waals surface area (Å²) in [6, 6.07) is 0.449. The molecule has 0 aromatic carbocycles. The van der Waals surface area contributed by atoms with Gasteiger partial charge in [0.15, 0.2) is 5.96 Å². The van der Waals surface area contributed by atoms with Crippen molar-refractivity contribution in [2.45, 2.75) is 83.3 Å². The highest BCUT2D eigenvalue weighted by atomic mass is 16.5. The first-order chi connectivity index (χ1) is 14.7. The Bertz CT molecular complexity index is 524. The molecule has 0 unspecified atom stereocenters. The first kappa shape index (κ1) is 23.3. The fraction of sp³-hybridized carbons (Fsp3) is 0.913. The molecule has 3 aliphatic rings. The number of amides is 1. The van der Waals surface area contributed by atoms with Gasteiger partial charge >= 0.3 is 0 Å². The highest BCUT2D eigenvalue weighted by Crippen LogP contribution is 2.20. The molecule has 0 atom stereocenters. The van der Waals surface area contributed by atoms with E-state index in [1.807, 2.05) is 0 Å². The molecule has 0 aromatic rings. The summed E-state index contributed by atoms with van der Waals surface area (Å²) in [6.45, 7) is 9.01. The van der Waals surface area contributed by atoms with Gasteiger partial charge in [0.1, 0.15) is 0 Å². The topological polar surface area (TPSA) is 69.2 Å². The van der Waals surface area contributed by atoms with Crippen LogP contribution in [0.3, 0.4) is 0 Å². The van der Waals surface area contributed by atoms with E-state index in [0.717, 1.165) is 77.5 Å². The van der Waals surface area contributed by atoms with Gasteiger partial charge in [-0.15, -0.1) is 0 Å². The Morgan fingerprint density at radius 3 is 2.47 bits per heavy atom. The molecule has 1 aliphatic heterocycles. The van der Waals surface area contributed by atoms with Crippen LogP contribution in [0, 0.1) is 0 Å². The van der Waals surface area contributed by atoms with Gasteiger partial charge in [-0.1, -0.05) is 19.3 Å². The van der Waals surface area contributed by atoms with E-state index in [-0.39, 0.29) is 5.91 Å². The van der Waals surface area contributed by atoms with Crippen molar-refractivity contribution in [3.63, 3.8) is 0 Å². The zero-order chi connectivity index (χ0) is 21.0. The Hall–Kier alpha value is -1.34. The van der Waals surface area contributed by atoms with Gasteiger partial charge in [-0.05, 0) is 51.9 Å². The minimum absolute atomic E-state index is 0.180. The van der Waals surface area contributed by atoms with Crippen LogP contribution in [0.1, 0.15) is 71.1 Å². The highest BCUT2D eigenvalue weighted by molar-refractivity contribution is 5.80. The lowest BCUT2D eigenvalue weighted by molar-refractivity contribution is -0.122. The molecule has 2 aliphatic carbocycles. The SMILES string of the molecule is CCNC(=NCCCCCOC1CCCCC1)N1CCN(CC(=O)NC2CC2)CC1. The van der Waals surface area contributed by atoms with Crippen molar-refractivity contribution in [2.75, 3.05) is 52.4 Å². The molecule has 1 amide bonds. The summed E-state index contributed by atoms with van der Waals surface area (Å²) in [5.41, 5.74) is 0. The quantitative estimate of drug-likeness (QED) is 0.305. The van der Waals surface area contributed by atoms with E-state index < -0.39 is 0 Å². The number of unbranched alkanes of at least 4 members (excludes halogenated alkanes) is 2. The maximum Gasteiger partial charge on any atom is 0.234 e. The summed E-state index contributed by atoms with van der Waals surface area (Å²) < 4.78 is 6.02. The third-order valence-corrected chi connectivity index (χ3v) is 6.29. The van der Waals surface area contributed by atoms with Crippen molar-refractivity contribution in [3.8, 4) is 0 Å². The van der Waals surface area contributed by atoms with Crippen LogP contribution in [0.25, 0.3) is 0 Å². The van der Waals surface area contributed by atoms with E-state index in [1.165, 1.54) is 38.5 Å². The smallest absolute Gasteiger partial charge is 0.234 e. The fourth-order valence-electron chi connectivity index (χ4n) is 4.31. The Morgan fingerprint density at radius 1 is 1.00 bits per heavy atom. The average Bonchev–Trinajstić information content (AvgIpc) is 3.57. The largest absolute Gasteiger partial charge is 0.378 e. The maximum atomic E-state index is 12.0. The van der Waals surface area contributed by atoms with Crippen LogP contribution in [0.2, 0.25) is 0 Å². The zero-order valence-corrected chi connectivity index (χ0v) is 19.0. The van der Waals surface area contributed by atoms with Crippen LogP contribution in [0.4, 0.5) is 0 Å². The molecule has 172 valence electrons. The van der Waals surface area contributed by atoms with E-state index in [4.69, 9.17) is 9.73 Å². The van der Waals surface area contributed by atoms with Gasteiger partial charge in [-0.3, -0.25) is 14.7 Å². The lowest BCUT2D eigenvalue weighted by Crippen LogP contribution is -2.54. The number of nitrogens with zero attached hydrogens (tertiary/aromatic N) is 3. The van der Waals surface area contributed by atoms with Gasteiger partial charge < -0.3 is 20.3 Å². The first-order valence-corrected chi connectivity index (χ1v) is 12.4. The molecule has 3 fully saturated rings. The zero-order valence-electron chi connectivity index (χ0n) is 19.0. The van der Waals surface area contributed by atoms with Crippen molar-refractivity contribution in [1.82, 2.24) is 20.4 Å². The fourth-order valence-corrected chi connectivity index (χ4v) is 4.31. The number of carbonyl (C=O) groups excluding carboxylic acids is 1. The molecule has 7 nitrogen and oxygen atoms in total. The number of guanidine groups is 1. The summed E-state index contributed by atoms with van der Waals surface area (Å²) in [5, 5.41) is 6.52. The molecule has 30 heavy (non-hydrogen) atoms. The Labute approximate surface area is 183 Å². The Balaban J connectivity index is 1.27. The van der Waals surface area contributed by atoms with E-state index in [1.54, 1.807) is 0 Å². The molecule has 0 spiro atoms. The predicted octanol–water partition coefficient (Wildman–Crippen LogP) is 2.37. The molecule has 3 rings (SSSR count). The highest BCUT2D eigenvalue weighted by Gasteiger charge is 2.25. The van der Waals surface area contributed by atoms with Crippen LogP contribution in [-0.4, -0.2) is 86.2 Å². The minimum atomic E-state index is 0.180. The number of ether oxygens (including phenoxy) is 1. The van der Waals surface area contributed by atoms with E-state index in [0.29, 0.717) is 18.7 Å². The van der Waals surface area contributed by atoms with Gasteiger partial charge in [0.2, 0.25) is 5.91 Å². The molecule has 1 heterocycles. The summed E-state index contributed by atoms with van der Waals surface area (Å²) in [7, 11) is 0. The monoisotopic (exact) mass is 421 g/mol. The number of rotatable bonds is 11. The normalized spacial score (nSPS) is 21.6. The van der Waals surface area contributed by atoms with Crippen LogP contribution >= 0.6 is 0 Å². The van der Waals surface area contributed by atoms with E-state index in [9.17, 15) is 4.79 Å². The molecule has 0 bridgehead atoms. The molecule has 0 radical (unpaired) electrons. The molecule has 2 saturated carbocycles. The second-order valence-corrected chi connectivity index (χ2v) is 9.03. The summed E-state index contributed by atoms with van der Waals surface area (Å²) in [6.07, 6.45) is 12.8. The Morgan fingerprint density at radius 2 is 1.77 bits per heavy atom.